The zero-order valence-corrected chi connectivity index (χ0v) is 25.2. The molecule has 10 nitrogen and oxygen atoms in total. The molecule has 0 bridgehead atoms. The molecule has 1 amide bonds. The quantitative estimate of drug-likeness (QED) is 0.135. The van der Waals surface area contributed by atoms with Gasteiger partial charge in [0, 0.05) is 22.8 Å². The van der Waals surface area contributed by atoms with Crippen molar-refractivity contribution in [2.75, 3.05) is 11.4 Å². The largest absolute Gasteiger partial charge is 0.479 e. The van der Waals surface area contributed by atoms with E-state index in [9.17, 15) is 24.8 Å². The van der Waals surface area contributed by atoms with E-state index in [-0.39, 0.29) is 24.0 Å². The minimum atomic E-state index is -1.70. The van der Waals surface area contributed by atoms with Gasteiger partial charge in [0.15, 0.2) is 11.9 Å². The summed E-state index contributed by atoms with van der Waals surface area (Å²) in [5, 5.41) is 36.4. The molecule has 4 rings (SSSR count). The topological polar surface area (TPSA) is 145 Å². The molecule has 0 aliphatic heterocycles. The fourth-order valence-electron chi connectivity index (χ4n) is 5.34. The lowest BCUT2D eigenvalue weighted by molar-refractivity contribution is -0.403. The van der Waals surface area contributed by atoms with E-state index in [1.54, 1.807) is 36.4 Å². The number of halogens is 1. The summed E-state index contributed by atoms with van der Waals surface area (Å²) < 4.78 is 0. The second kappa shape index (κ2) is 15.4. The molecule has 0 heterocycles. The van der Waals surface area contributed by atoms with Crippen LogP contribution in [-0.4, -0.2) is 39.7 Å². The van der Waals surface area contributed by atoms with Crippen molar-refractivity contribution in [1.29, 1.82) is 0 Å². The van der Waals surface area contributed by atoms with Gasteiger partial charge in [-0.05, 0) is 78.8 Å². The van der Waals surface area contributed by atoms with Gasteiger partial charge in [-0.15, -0.1) is 0 Å². The molecule has 1 aliphatic carbocycles. The second-order valence-corrected chi connectivity index (χ2v) is 11.4. The number of carbonyl (C=O) groups is 2. The number of carboxylic acid groups (broad SMARTS) is 1. The summed E-state index contributed by atoms with van der Waals surface area (Å²) in [4.78, 5) is 36.5. The first-order valence-corrected chi connectivity index (χ1v) is 15.0. The number of hydrogen-bond donors (Lipinski definition) is 4. The van der Waals surface area contributed by atoms with Gasteiger partial charge in [-0.3, -0.25) is 14.9 Å². The van der Waals surface area contributed by atoms with Gasteiger partial charge in [0.2, 0.25) is 0 Å². The van der Waals surface area contributed by atoms with Crippen molar-refractivity contribution >= 4 is 29.2 Å². The Morgan fingerprint density at radius 2 is 1.66 bits per heavy atom. The third-order valence-electron chi connectivity index (χ3n) is 7.83. The van der Waals surface area contributed by atoms with Crippen LogP contribution in [0.3, 0.4) is 0 Å². The standard InChI is InChI=1S/C33H37ClN4O6/c1-22(24-11-15-28(34)16-12-24)36-31(21-38(43)44)37(29-17-13-26(14-18-29)25-5-3-2-4-6-25)20-23-7-9-27(10-8-23)32(40)35-19-30(39)33(41)42/h7-18,21-22,25,30,36,39H,2-6,19-20H2,1H3,(H,35,40)(H,41,42)/b31-21-/t22?,30-/m1/s1. The van der Waals surface area contributed by atoms with Crippen LogP contribution >= 0.6 is 11.6 Å². The van der Waals surface area contributed by atoms with Gasteiger partial charge in [-0.1, -0.05) is 67.3 Å². The van der Waals surface area contributed by atoms with Gasteiger partial charge in [0.05, 0.1) is 17.5 Å². The highest BCUT2D eigenvalue weighted by molar-refractivity contribution is 6.30. The average molecular weight is 621 g/mol. The second-order valence-electron chi connectivity index (χ2n) is 11.0. The average Bonchev–Trinajstić information content (AvgIpc) is 3.03. The number of aliphatic hydroxyl groups excluding tert-OH is 1. The number of hydrogen-bond acceptors (Lipinski definition) is 7. The first kappa shape index (κ1) is 32.5. The Bertz CT molecular complexity index is 1460. The predicted molar refractivity (Wildman–Crippen MR) is 169 cm³/mol. The molecular weight excluding hydrogens is 584 g/mol. The lowest BCUT2D eigenvalue weighted by Gasteiger charge is -2.30. The van der Waals surface area contributed by atoms with E-state index in [2.05, 4.69) is 22.8 Å². The summed E-state index contributed by atoms with van der Waals surface area (Å²) in [5.74, 6) is -1.16. The first-order valence-electron chi connectivity index (χ1n) is 14.6. The minimum Gasteiger partial charge on any atom is -0.479 e. The van der Waals surface area contributed by atoms with Gasteiger partial charge in [-0.2, -0.15) is 0 Å². The Labute approximate surface area is 261 Å². The van der Waals surface area contributed by atoms with Crippen LogP contribution in [0.1, 0.15) is 78.0 Å². The van der Waals surface area contributed by atoms with Crippen molar-refractivity contribution in [2.45, 2.75) is 63.6 Å². The SMILES string of the molecule is CC(N/C(=C/[N+](=O)[O-])N(Cc1ccc(C(=O)NC[C@@H](O)C(=O)O)cc1)c1ccc(C2CCCCC2)cc1)c1ccc(Cl)cc1. The molecule has 11 heteroatoms. The molecule has 44 heavy (non-hydrogen) atoms. The lowest BCUT2D eigenvalue weighted by atomic mass is 9.84. The normalized spacial score (nSPS) is 15.2. The van der Waals surface area contributed by atoms with E-state index in [0.717, 1.165) is 35.9 Å². The zero-order valence-electron chi connectivity index (χ0n) is 24.5. The Morgan fingerprint density at radius 1 is 1.02 bits per heavy atom. The Hall–Kier alpha value is -4.41. The fourth-order valence-corrected chi connectivity index (χ4v) is 5.47. The number of anilines is 1. The number of carboxylic acids is 1. The highest BCUT2D eigenvalue weighted by Gasteiger charge is 2.22. The molecular formula is C33H37ClN4O6. The van der Waals surface area contributed by atoms with Crippen LogP contribution in [0.2, 0.25) is 5.02 Å². The number of nitrogens with one attached hydrogen (secondary N) is 2. The summed E-state index contributed by atoms with van der Waals surface area (Å²) >= 11 is 6.07. The van der Waals surface area contributed by atoms with Crippen LogP contribution in [0.15, 0.2) is 84.8 Å². The van der Waals surface area contributed by atoms with Gasteiger partial charge in [0.1, 0.15) is 0 Å². The molecule has 0 aromatic heterocycles. The molecule has 3 aromatic rings. The van der Waals surface area contributed by atoms with Crippen molar-refractivity contribution in [2.24, 2.45) is 0 Å². The molecule has 2 atom stereocenters. The van der Waals surface area contributed by atoms with Crippen molar-refractivity contribution in [1.82, 2.24) is 10.6 Å². The van der Waals surface area contributed by atoms with Crippen molar-refractivity contribution < 1.29 is 24.7 Å². The maximum absolute atomic E-state index is 12.5. The summed E-state index contributed by atoms with van der Waals surface area (Å²) in [6.45, 7) is 1.74. The number of nitrogens with zero attached hydrogens (tertiary/aromatic N) is 2. The molecule has 3 aromatic carbocycles. The third-order valence-corrected chi connectivity index (χ3v) is 8.08. The van der Waals surface area contributed by atoms with Crippen LogP contribution in [0.25, 0.3) is 0 Å². The van der Waals surface area contributed by atoms with Gasteiger partial charge >= 0.3 is 5.97 Å². The fraction of sp³-hybridized carbons (Fsp3) is 0.333. The number of nitro groups is 1. The van der Waals surface area contributed by atoms with E-state index >= 15 is 0 Å². The van der Waals surface area contributed by atoms with Crippen LogP contribution in [0.5, 0.6) is 0 Å². The summed E-state index contributed by atoms with van der Waals surface area (Å²) in [6.07, 6.45) is 5.27. The highest BCUT2D eigenvalue weighted by Crippen LogP contribution is 2.34. The Kier molecular flexibility index (Phi) is 11.3. The molecule has 0 radical (unpaired) electrons. The van der Waals surface area contributed by atoms with Crippen LogP contribution in [0, 0.1) is 10.1 Å². The minimum absolute atomic E-state index is 0.252. The number of amides is 1. The van der Waals surface area contributed by atoms with Crippen LogP contribution in [-0.2, 0) is 11.3 Å². The number of carbonyl (C=O) groups excluding carboxylic acids is 1. The molecule has 1 unspecified atom stereocenters. The Morgan fingerprint density at radius 3 is 2.25 bits per heavy atom. The maximum atomic E-state index is 12.5. The van der Waals surface area contributed by atoms with E-state index in [0.29, 0.717) is 10.9 Å². The predicted octanol–water partition coefficient (Wildman–Crippen LogP) is 6.00. The third kappa shape index (κ3) is 9.05. The smallest absolute Gasteiger partial charge is 0.334 e. The maximum Gasteiger partial charge on any atom is 0.334 e. The Balaban J connectivity index is 1.61. The number of benzene rings is 3. The van der Waals surface area contributed by atoms with Crippen molar-refractivity contribution in [3.63, 3.8) is 0 Å². The van der Waals surface area contributed by atoms with E-state index < -0.39 is 29.4 Å². The monoisotopic (exact) mass is 620 g/mol. The number of rotatable bonds is 13. The molecule has 0 saturated heterocycles. The first-order chi connectivity index (χ1) is 21.1. The van der Waals surface area contributed by atoms with Gasteiger partial charge < -0.3 is 25.7 Å². The highest BCUT2D eigenvalue weighted by atomic mass is 35.5. The van der Waals surface area contributed by atoms with Gasteiger partial charge in [-0.25, -0.2) is 4.79 Å². The zero-order chi connectivity index (χ0) is 31.6. The van der Waals surface area contributed by atoms with Gasteiger partial charge in [0.25, 0.3) is 12.1 Å². The number of aliphatic carboxylic acids is 1. The molecule has 0 spiro atoms. The molecule has 1 saturated carbocycles. The van der Waals surface area contributed by atoms with E-state index in [1.165, 1.54) is 24.8 Å². The van der Waals surface area contributed by atoms with E-state index in [4.69, 9.17) is 16.7 Å². The van der Waals surface area contributed by atoms with Crippen molar-refractivity contribution in [3.05, 3.63) is 122 Å². The molecule has 1 aliphatic rings. The van der Waals surface area contributed by atoms with Crippen LogP contribution < -0.4 is 15.5 Å². The molecule has 4 N–H and O–H groups in total. The summed E-state index contributed by atoms with van der Waals surface area (Å²) in [6, 6.07) is 21.8. The number of aliphatic hydroxyl groups is 1. The van der Waals surface area contributed by atoms with Crippen molar-refractivity contribution in [3.8, 4) is 0 Å². The molecule has 1 fully saturated rings. The summed E-state index contributed by atoms with van der Waals surface area (Å²) in [7, 11) is 0. The van der Waals surface area contributed by atoms with Crippen LogP contribution in [0.4, 0.5) is 5.69 Å². The lowest BCUT2D eigenvalue weighted by Crippen LogP contribution is -2.36. The molecule has 232 valence electrons. The van der Waals surface area contributed by atoms with E-state index in [1.807, 2.05) is 36.1 Å². The summed E-state index contributed by atoms with van der Waals surface area (Å²) in [5.41, 5.74) is 3.99.